The van der Waals surface area contributed by atoms with E-state index in [4.69, 9.17) is 0 Å². The van der Waals surface area contributed by atoms with Crippen LogP contribution in [-0.4, -0.2) is 17.2 Å². The van der Waals surface area contributed by atoms with Crippen LogP contribution in [0.4, 0.5) is 17.1 Å². The van der Waals surface area contributed by atoms with E-state index in [0.29, 0.717) is 5.46 Å². The van der Waals surface area contributed by atoms with Gasteiger partial charge < -0.3 is 14.9 Å². The van der Waals surface area contributed by atoms with Gasteiger partial charge in [-0.3, -0.25) is 0 Å². The van der Waals surface area contributed by atoms with E-state index in [1.54, 1.807) is 12.1 Å². The zero-order valence-electron chi connectivity index (χ0n) is 17.5. The first-order valence-corrected chi connectivity index (χ1v) is 10.6. The Bertz CT molecular complexity index is 1330. The minimum Gasteiger partial charge on any atom is -0.423 e. The molecule has 154 valence electrons. The number of fused-ring (bicyclic) bond motifs is 1. The molecule has 5 rings (SSSR count). The highest BCUT2D eigenvalue weighted by Gasteiger charge is 2.15. The lowest BCUT2D eigenvalue weighted by Crippen LogP contribution is -2.29. The summed E-state index contributed by atoms with van der Waals surface area (Å²) in [5.41, 5.74) is 5.84. The van der Waals surface area contributed by atoms with Crippen LogP contribution in [0.15, 0.2) is 121 Å². The summed E-state index contributed by atoms with van der Waals surface area (Å²) in [6.45, 7) is 0. The van der Waals surface area contributed by atoms with Crippen molar-refractivity contribution in [2.24, 2.45) is 0 Å². The van der Waals surface area contributed by atoms with Gasteiger partial charge in [0.2, 0.25) is 0 Å². The lowest BCUT2D eigenvalue weighted by Gasteiger charge is -2.26. The van der Waals surface area contributed by atoms with Crippen LogP contribution in [-0.2, 0) is 0 Å². The summed E-state index contributed by atoms with van der Waals surface area (Å²) in [7, 11) is -1.48. The van der Waals surface area contributed by atoms with Gasteiger partial charge in [-0.2, -0.15) is 0 Å². The fourth-order valence-corrected chi connectivity index (χ4v) is 4.09. The second-order valence-corrected chi connectivity index (χ2v) is 7.71. The monoisotopic (exact) mass is 415 g/mol. The minimum absolute atomic E-state index is 0.466. The molecule has 0 aromatic heterocycles. The van der Waals surface area contributed by atoms with Gasteiger partial charge in [0, 0.05) is 17.1 Å². The van der Waals surface area contributed by atoms with Crippen molar-refractivity contribution < 1.29 is 10.0 Å². The zero-order valence-corrected chi connectivity index (χ0v) is 17.5. The second-order valence-electron chi connectivity index (χ2n) is 7.71. The predicted molar refractivity (Wildman–Crippen MR) is 134 cm³/mol. The molecule has 5 aromatic carbocycles. The number of hydrogen-bond acceptors (Lipinski definition) is 3. The van der Waals surface area contributed by atoms with Crippen LogP contribution < -0.4 is 10.4 Å². The maximum Gasteiger partial charge on any atom is 0.488 e. The maximum absolute atomic E-state index is 9.44. The van der Waals surface area contributed by atoms with Crippen molar-refractivity contribution in [3.63, 3.8) is 0 Å². The summed E-state index contributed by atoms with van der Waals surface area (Å²) in [4.78, 5) is 2.15. The van der Waals surface area contributed by atoms with Gasteiger partial charge in [0.1, 0.15) is 0 Å². The Morgan fingerprint density at radius 2 is 1.06 bits per heavy atom. The van der Waals surface area contributed by atoms with E-state index in [-0.39, 0.29) is 0 Å². The summed E-state index contributed by atoms with van der Waals surface area (Å²) >= 11 is 0. The number of nitrogens with zero attached hydrogens (tertiary/aromatic N) is 1. The number of hydrogen-bond donors (Lipinski definition) is 2. The van der Waals surface area contributed by atoms with Gasteiger partial charge in [-0.05, 0) is 63.8 Å². The fourth-order valence-electron chi connectivity index (χ4n) is 4.09. The smallest absolute Gasteiger partial charge is 0.423 e. The Hall–Kier alpha value is -3.86. The van der Waals surface area contributed by atoms with Crippen LogP contribution in [0.5, 0.6) is 0 Å². The number of para-hydroxylation sites is 1. The van der Waals surface area contributed by atoms with Gasteiger partial charge in [-0.25, -0.2) is 0 Å². The van der Waals surface area contributed by atoms with Crippen molar-refractivity contribution in [1.82, 2.24) is 0 Å². The van der Waals surface area contributed by atoms with E-state index in [1.165, 1.54) is 16.3 Å². The highest BCUT2D eigenvalue weighted by molar-refractivity contribution is 6.58. The van der Waals surface area contributed by atoms with Gasteiger partial charge in [0.25, 0.3) is 0 Å². The number of rotatable bonds is 5. The molecule has 0 spiro atoms. The molecular formula is C28H22BNO2. The Kier molecular flexibility index (Phi) is 5.47. The first kappa shape index (κ1) is 20.1. The molecule has 0 aliphatic carbocycles. The van der Waals surface area contributed by atoms with E-state index in [0.717, 1.165) is 22.6 Å². The highest BCUT2D eigenvalue weighted by Crippen LogP contribution is 2.36. The van der Waals surface area contributed by atoms with Gasteiger partial charge >= 0.3 is 7.12 Å². The largest absolute Gasteiger partial charge is 0.488 e. The van der Waals surface area contributed by atoms with Crippen molar-refractivity contribution in [2.45, 2.75) is 0 Å². The third-order valence-corrected chi connectivity index (χ3v) is 5.69. The first-order valence-electron chi connectivity index (χ1n) is 10.6. The molecule has 2 N–H and O–H groups in total. The van der Waals surface area contributed by atoms with E-state index in [1.807, 2.05) is 30.3 Å². The molecule has 0 unspecified atom stereocenters. The standard InChI is InChI=1S/C28H22BNO2/c31-29(32)23-15-19-26(20-16-23)30(24-9-2-1-3-10-24)25-17-13-22(14-18-25)28-12-6-8-21-7-4-5-11-27(21)28/h1-20,31-32H. The van der Waals surface area contributed by atoms with Crippen LogP contribution >= 0.6 is 0 Å². The van der Waals surface area contributed by atoms with E-state index >= 15 is 0 Å². The topological polar surface area (TPSA) is 43.7 Å². The normalized spacial score (nSPS) is 10.8. The molecule has 32 heavy (non-hydrogen) atoms. The number of anilines is 3. The minimum atomic E-state index is -1.48. The van der Waals surface area contributed by atoms with Crippen molar-refractivity contribution in [1.29, 1.82) is 0 Å². The van der Waals surface area contributed by atoms with Crippen LogP contribution in [0.1, 0.15) is 0 Å². The molecule has 0 bridgehead atoms. The second kappa shape index (κ2) is 8.71. The molecule has 0 fully saturated rings. The first-order chi connectivity index (χ1) is 15.7. The molecule has 0 radical (unpaired) electrons. The van der Waals surface area contributed by atoms with Crippen molar-refractivity contribution in [2.75, 3.05) is 4.90 Å². The maximum atomic E-state index is 9.44. The molecule has 0 amide bonds. The molecule has 0 saturated carbocycles. The Labute approximate surface area is 188 Å². The third kappa shape index (κ3) is 3.90. The molecule has 0 heterocycles. The molecule has 0 atom stereocenters. The van der Waals surface area contributed by atoms with Gasteiger partial charge in [0.05, 0.1) is 0 Å². The van der Waals surface area contributed by atoms with Crippen LogP contribution in [0.25, 0.3) is 21.9 Å². The lowest BCUT2D eigenvalue weighted by atomic mass is 9.80. The number of benzene rings is 5. The quantitative estimate of drug-likeness (QED) is 0.364. The summed E-state index contributed by atoms with van der Waals surface area (Å²) in [5.74, 6) is 0. The molecule has 0 aliphatic heterocycles. The summed E-state index contributed by atoms with van der Waals surface area (Å²) in [5, 5.41) is 21.4. The van der Waals surface area contributed by atoms with Crippen molar-refractivity contribution >= 4 is 40.4 Å². The Morgan fingerprint density at radius 3 is 1.75 bits per heavy atom. The Morgan fingerprint density at radius 1 is 0.500 bits per heavy atom. The van der Waals surface area contributed by atoms with Crippen molar-refractivity contribution in [3.05, 3.63) is 121 Å². The summed E-state index contributed by atoms with van der Waals surface area (Å²) < 4.78 is 0. The predicted octanol–water partition coefficient (Wildman–Crippen LogP) is 5.66. The summed E-state index contributed by atoms with van der Waals surface area (Å²) in [6.07, 6.45) is 0. The molecular weight excluding hydrogens is 393 g/mol. The lowest BCUT2D eigenvalue weighted by molar-refractivity contribution is 0.426. The SMILES string of the molecule is OB(O)c1ccc(N(c2ccccc2)c2ccc(-c3cccc4ccccc34)cc2)cc1. The van der Waals surface area contributed by atoms with Gasteiger partial charge in [-0.1, -0.05) is 84.9 Å². The fraction of sp³-hybridized carbons (Fsp3) is 0. The highest BCUT2D eigenvalue weighted by atomic mass is 16.4. The molecule has 3 nitrogen and oxygen atoms in total. The molecule has 0 aliphatic rings. The van der Waals surface area contributed by atoms with Gasteiger partial charge in [-0.15, -0.1) is 0 Å². The van der Waals surface area contributed by atoms with Gasteiger partial charge in [0.15, 0.2) is 0 Å². The zero-order chi connectivity index (χ0) is 21.9. The van der Waals surface area contributed by atoms with Crippen LogP contribution in [0, 0.1) is 0 Å². The Balaban J connectivity index is 1.56. The average Bonchev–Trinajstić information content (AvgIpc) is 2.85. The third-order valence-electron chi connectivity index (χ3n) is 5.69. The molecule has 4 heteroatoms. The molecule has 5 aromatic rings. The van der Waals surface area contributed by atoms with Crippen molar-refractivity contribution in [3.8, 4) is 11.1 Å². The summed E-state index contributed by atoms with van der Waals surface area (Å²) in [6, 6.07) is 40.8. The van der Waals surface area contributed by atoms with Crippen LogP contribution in [0.3, 0.4) is 0 Å². The van der Waals surface area contributed by atoms with E-state index in [2.05, 4.69) is 83.8 Å². The molecule has 0 saturated heterocycles. The van der Waals surface area contributed by atoms with E-state index < -0.39 is 7.12 Å². The average molecular weight is 415 g/mol. The van der Waals surface area contributed by atoms with E-state index in [9.17, 15) is 10.0 Å². The van der Waals surface area contributed by atoms with Crippen LogP contribution in [0.2, 0.25) is 0 Å².